The van der Waals surface area contributed by atoms with Crippen LogP contribution in [0.1, 0.15) is 18.1 Å². The van der Waals surface area contributed by atoms with Gasteiger partial charge in [-0.05, 0) is 61.4 Å². The van der Waals surface area contributed by atoms with Crippen LogP contribution in [0.25, 0.3) is 0 Å². The average Bonchev–Trinajstić information content (AvgIpc) is 3.11. The molecule has 1 aliphatic rings. The Morgan fingerprint density at radius 3 is 2.27 bits per heavy atom. The summed E-state index contributed by atoms with van der Waals surface area (Å²) in [6.45, 7) is 1.42. The first-order valence-corrected chi connectivity index (χ1v) is 12.8. The van der Waals surface area contributed by atoms with Gasteiger partial charge >= 0.3 is 0 Å². The zero-order chi connectivity index (χ0) is 23.8. The molecule has 0 aromatic heterocycles. The van der Waals surface area contributed by atoms with Crippen molar-refractivity contribution in [1.82, 2.24) is 4.31 Å². The third-order valence-corrected chi connectivity index (χ3v) is 8.40. The van der Waals surface area contributed by atoms with E-state index in [1.165, 1.54) is 24.3 Å². The lowest BCUT2D eigenvalue weighted by Gasteiger charge is -2.28. The maximum Gasteiger partial charge on any atom is 0.243 e. The van der Waals surface area contributed by atoms with Crippen molar-refractivity contribution < 1.29 is 13.2 Å². The molecule has 0 spiro atoms. The minimum atomic E-state index is -4.06. The first kappa shape index (κ1) is 24.0. The summed E-state index contributed by atoms with van der Waals surface area (Å²) in [6.07, 6.45) is 0.711. The van der Waals surface area contributed by atoms with Crippen LogP contribution in [0.4, 0.5) is 5.69 Å². The van der Waals surface area contributed by atoms with Crippen LogP contribution in [-0.4, -0.2) is 31.2 Å². The topological polar surface area (TPSA) is 57.7 Å². The van der Waals surface area contributed by atoms with Crippen LogP contribution in [0.5, 0.6) is 0 Å². The van der Waals surface area contributed by atoms with Crippen molar-refractivity contribution in [3.63, 3.8) is 0 Å². The number of carbonyl (C=O) groups is 1. The minimum Gasteiger partial charge on any atom is -0.308 e. The van der Waals surface area contributed by atoms with Gasteiger partial charge in [0.05, 0.1) is 11.4 Å². The fraction of sp³-hybridized carbons (Fsp3) is 0.208. The number of anilines is 1. The molecule has 0 saturated carbocycles. The van der Waals surface area contributed by atoms with Gasteiger partial charge < -0.3 is 4.90 Å². The summed E-state index contributed by atoms with van der Waals surface area (Å²) >= 11 is 18.6. The van der Waals surface area contributed by atoms with E-state index < -0.39 is 10.0 Å². The van der Waals surface area contributed by atoms with E-state index in [4.69, 9.17) is 34.8 Å². The van der Waals surface area contributed by atoms with Crippen LogP contribution in [0.2, 0.25) is 15.1 Å². The molecule has 0 saturated heterocycles. The van der Waals surface area contributed by atoms with Gasteiger partial charge in [0.1, 0.15) is 0 Å². The van der Waals surface area contributed by atoms with Crippen LogP contribution in [0, 0.1) is 0 Å². The highest BCUT2D eigenvalue weighted by Crippen LogP contribution is 2.33. The Morgan fingerprint density at radius 2 is 1.61 bits per heavy atom. The lowest BCUT2D eigenvalue weighted by molar-refractivity contribution is -0.119. The summed E-state index contributed by atoms with van der Waals surface area (Å²) in [7, 11) is -4.06. The molecule has 0 N–H and O–H groups in total. The van der Waals surface area contributed by atoms with E-state index in [2.05, 4.69) is 0 Å². The molecule has 1 heterocycles. The van der Waals surface area contributed by atoms with Crippen LogP contribution in [0.15, 0.2) is 71.6 Å². The summed E-state index contributed by atoms with van der Waals surface area (Å²) in [6, 6.07) is 18.3. The number of benzene rings is 3. The number of halogens is 3. The average molecular weight is 524 g/mol. The molecule has 5 nitrogen and oxygen atoms in total. The highest BCUT2D eigenvalue weighted by atomic mass is 35.5. The van der Waals surface area contributed by atoms with Gasteiger partial charge in [0.25, 0.3) is 0 Å². The Hall–Kier alpha value is -2.09. The number of sulfonamides is 1. The quantitative estimate of drug-likeness (QED) is 0.409. The van der Waals surface area contributed by atoms with Crippen molar-refractivity contribution in [2.45, 2.75) is 30.8 Å². The molecule has 3 aromatic carbocycles. The number of nitrogens with zero attached hydrogens (tertiary/aromatic N) is 2. The van der Waals surface area contributed by atoms with Gasteiger partial charge in [-0.2, -0.15) is 4.31 Å². The molecule has 9 heteroatoms. The second-order valence-corrected chi connectivity index (χ2v) is 11.1. The number of hydrogen-bond donors (Lipinski definition) is 0. The van der Waals surface area contributed by atoms with E-state index in [1.54, 1.807) is 23.1 Å². The molecule has 1 aliphatic heterocycles. The van der Waals surface area contributed by atoms with Crippen LogP contribution in [0.3, 0.4) is 0 Å². The molecule has 1 atom stereocenters. The summed E-state index contributed by atoms with van der Waals surface area (Å²) in [4.78, 5) is 15.1. The highest BCUT2D eigenvalue weighted by molar-refractivity contribution is 7.89. The molecular weight excluding hydrogens is 503 g/mol. The number of rotatable bonds is 6. The largest absolute Gasteiger partial charge is 0.308 e. The lowest BCUT2D eigenvalue weighted by Crippen LogP contribution is -2.44. The molecule has 0 fully saturated rings. The predicted molar refractivity (Wildman–Crippen MR) is 133 cm³/mol. The van der Waals surface area contributed by atoms with Crippen LogP contribution in [-0.2, 0) is 27.8 Å². The van der Waals surface area contributed by atoms with Crippen molar-refractivity contribution in [3.8, 4) is 0 Å². The van der Waals surface area contributed by atoms with Gasteiger partial charge in [0.2, 0.25) is 15.9 Å². The van der Waals surface area contributed by atoms with Gasteiger partial charge in [-0.25, -0.2) is 8.42 Å². The SMILES string of the molecule is C[C@H]1Cc2ccccc2N1C(=O)CN(Cc1c(Cl)cccc1Cl)S(=O)(=O)c1ccc(Cl)cc1. The Balaban J connectivity index is 1.71. The second-order valence-electron chi connectivity index (χ2n) is 7.87. The standard InChI is InChI=1S/C24H21Cl3N2O3S/c1-16-13-17-5-2-3-8-23(17)29(16)24(30)15-28(14-20-21(26)6-4-7-22(20)27)33(31,32)19-11-9-18(25)10-12-19/h2-12,16H,13-15H2,1H3/t16-/m0/s1. The van der Waals surface area contributed by atoms with Crippen molar-refractivity contribution in [1.29, 1.82) is 0 Å². The van der Waals surface area contributed by atoms with Gasteiger partial charge in [0.15, 0.2) is 0 Å². The lowest BCUT2D eigenvalue weighted by atomic mass is 10.1. The zero-order valence-corrected chi connectivity index (χ0v) is 20.8. The molecule has 0 aliphatic carbocycles. The van der Waals surface area contributed by atoms with Gasteiger partial charge in [-0.3, -0.25) is 4.79 Å². The molecule has 4 rings (SSSR count). The fourth-order valence-electron chi connectivity index (χ4n) is 4.01. The summed E-state index contributed by atoms with van der Waals surface area (Å²) < 4.78 is 28.3. The number of amides is 1. The molecule has 0 unspecified atom stereocenters. The molecule has 3 aromatic rings. The molecule has 172 valence electrons. The van der Waals surface area contributed by atoms with E-state index in [-0.39, 0.29) is 29.9 Å². The van der Waals surface area contributed by atoms with E-state index in [1.807, 2.05) is 31.2 Å². The van der Waals surface area contributed by atoms with Gasteiger partial charge in [-0.15, -0.1) is 0 Å². The Bertz CT molecular complexity index is 1280. The monoisotopic (exact) mass is 522 g/mol. The number of para-hydroxylation sites is 1. The minimum absolute atomic E-state index is 0.0257. The second kappa shape index (κ2) is 9.65. The summed E-state index contributed by atoms with van der Waals surface area (Å²) in [5, 5.41) is 1.06. The van der Waals surface area contributed by atoms with Crippen LogP contribution >= 0.6 is 34.8 Å². The summed E-state index contributed by atoms with van der Waals surface area (Å²) in [5.74, 6) is -0.326. The van der Waals surface area contributed by atoms with Crippen molar-refractivity contribution in [2.75, 3.05) is 11.4 Å². The Kier molecular flexibility index (Phi) is 7.03. The fourth-order valence-corrected chi connectivity index (χ4v) is 6.01. The maximum atomic E-state index is 13.6. The Morgan fingerprint density at radius 1 is 0.970 bits per heavy atom. The first-order chi connectivity index (χ1) is 15.7. The van der Waals surface area contributed by atoms with Crippen molar-refractivity contribution >= 4 is 56.4 Å². The van der Waals surface area contributed by atoms with Crippen molar-refractivity contribution in [3.05, 3.63) is 92.9 Å². The molecule has 0 bridgehead atoms. The first-order valence-electron chi connectivity index (χ1n) is 10.3. The van der Waals surface area contributed by atoms with Gasteiger partial charge in [-0.1, -0.05) is 59.1 Å². The normalized spacial score (nSPS) is 15.7. The van der Waals surface area contributed by atoms with Gasteiger partial charge in [0, 0.05) is 38.9 Å². The maximum absolute atomic E-state index is 13.6. The molecular formula is C24H21Cl3N2O3S. The van der Waals surface area contributed by atoms with E-state index >= 15 is 0 Å². The van der Waals surface area contributed by atoms with E-state index in [9.17, 15) is 13.2 Å². The smallest absolute Gasteiger partial charge is 0.243 e. The predicted octanol–water partition coefficient (Wildman–Crippen LogP) is 5.82. The number of hydrogen-bond acceptors (Lipinski definition) is 3. The third-order valence-electron chi connectivity index (χ3n) is 5.64. The zero-order valence-electron chi connectivity index (χ0n) is 17.7. The van der Waals surface area contributed by atoms with E-state index in [0.29, 0.717) is 27.1 Å². The number of carbonyl (C=O) groups excluding carboxylic acids is 1. The van der Waals surface area contributed by atoms with Crippen LogP contribution < -0.4 is 4.90 Å². The van der Waals surface area contributed by atoms with E-state index in [0.717, 1.165) is 15.6 Å². The summed E-state index contributed by atoms with van der Waals surface area (Å²) in [5.41, 5.74) is 2.29. The molecule has 0 radical (unpaired) electrons. The highest BCUT2D eigenvalue weighted by Gasteiger charge is 2.35. The third kappa shape index (κ3) is 4.91. The Labute approximate surface area is 208 Å². The van der Waals surface area contributed by atoms with Crippen molar-refractivity contribution in [2.24, 2.45) is 0 Å². The molecule has 33 heavy (non-hydrogen) atoms. The molecule has 1 amide bonds. The number of fused-ring (bicyclic) bond motifs is 1.